The molecule has 2 aromatic heterocycles. The van der Waals surface area contributed by atoms with Crippen molar-refractivity contribution < 1.29 is 0 Å². The van der Waals surface area contributed by atoms with E-state index in [0.717, 1.165) is 18.9 Å². The van der Waals surface area contributed by atoms with Crippen molar-refractivity contribution in [1.82, 2.24) is 19.7 Å². The average molecular weight is 191 g/mol. The minimum Gasteiger partial charge on any atom is -0.366 e. The second-order valence-electron chi connectivity index (χ2n) is 3.02. The van der Waals surface area contributed by atoms with E-state index in [4.69, 9.17) is 0 Å². The normalized spacial score (nSPS) is 10.4. The molecule has 0 spiro atoms. The van der Waals surface area contributed by atoms with Crippen LogP contribution in [0.1, 0.15) is 12.5 Å². The lowest BCUT2D eigenvalue weighted by Crippen LogP contribution is -1.98. The van der Waals surface area contributed by atoms with Crippen molar-refractivity contribution in [3.8, 4) is 0 Å². The number of anilines is 1. The van der Waals surface area contributed by atoms with Gasteiger partial charge >= 0.3 is 0 Å². The van der Waals surface area contributed by atoms with Crippen molar-refractivity contribution in [1.29, 1.82) is 0 Å². The van der Waals surface area contributed by atoms with Crippen LogP contribution in [-0.2, 0) is 13.1 Å². The fraction of sp³-hybridized carbons (Fsp3) is 0.333. The Morgan fingerprint density at radius 3 is 3.07 bits per heavy atom. The number of nitrogens with one attached hydrogen (secondary N) is 2. The minimum atomic E-state index is 0.766. The Morgan fingerprint density at radius 2 is 2.43 bits per heavy atom. The summed E-state index contributed by atoms with van der Waals surface area (Å²) >= 11 is 0. The van der Waals surface area contributed by atoms with Crippen LogP contribution in [0.3, 0.4) is 0 Å². The Balaban J connectivity index is 1.92. The molecule has 2 N–H and O–H groups in total. The van der Waals surface area contributed by atoms with Gasteiger partial charge in [0.05, 0.1) is 18.7 Å². The summed E-state index contributed by atoms with van der Waals surface area (Å²) in [5, 5.41) is 7.39. The number of hydrogen-bond acceptors (Lipinski definition) is 3. The lowest BCUT2D eigenvalue weighted by Gasteiger charge is -1.99. The quantitative estimate of drug-likeness (QED) is 0.764. The van der Waals surface area contributed by atoms with E-state index in [0.29, 0.717) is 0 Å². The molecule has 0 aliphatic rings. The maximum absolute atomic E-state index is 4.19. The molecule has 14 heavy (non-hydrogen) atoms. The maximum Gasteiger partial charge on any atom is 0.123 e. The molecule has 0 bridgehead atoms. The molecule has 0 saturated heterocycles. The molecule has 5 nitrogen and oxygen atoms in total. The lowest BCUT2D eigenvalue weighted by molar-refractivity contribution is 0.659. The first-order valence-electron chi connectivity index (χ1n) is 4.62. The molecule has 0 aliphatic carbocycles. The number of rotatable bonds is 4. The molecule has 2 rings (SSSR count). The van der Waals surface area contributed by atoms with E-state index in [-0.39, 0.29) is 0 Å². The number of imidazole rings is 1. The number of H-pyrrole nitrogens is 1. The van der Waals surface area contributed by atoms with Crippen LogP contribution in [0.4, 0.5) is 5.82 Å². The van der Waals surface area contributed by atoms with Crippen molar-refractivity contribution in [2.45, 2.75) is 20.0 Å². The van der Waals surface area contributed by atoms with Gasteiger partial charge in [-0.1, -0.05) is 0 Å². The molecule has 0 radical (unpaired) electrons. The Labute approximate surface area is 82.2 Å². The van der Waals surface area contributed by atoms with Crippen molar-refractivity contribution >= 4 is 5.82 Å². The van der Waals surface area contributed by atoms with E-state index < -0.39 is 0 Å². The molecule has 2 heterocycles. The van der Waals surface area contributed by atoms with E-state index in [1.54, 1.807) is 12.5 Å². The molecule has 0 atom stereocenters. The predicted octanol–water partition coefficient (Wildman–Crippen LogP) is 1.24. The molecule has 0 amide bonds. The Kier molecular flexibility index (Phi) is 2.48. The van der Waals surface area contributed by atoms with Crippen molar-refractivity contribution in [3.05, 3.63) is 30.5 Å². The molecule has 0 aliphatic heterocycles. The van der Waals surface area contributed by atoms with Gasteiger partial charge in [-0.3, -0.25) is 4.68 Å². The number of aromatic amines is 1. The van der Waals surface area contributed by atoms with E-state index >= 15 is 0 Å². The summed E-state index contributed by atoms with van der Waals surface area (Å²) in [7, 11) is 0. The van der Waals surface area contributed by atoms with Crippen LogP contribution in [0.5, 0.6) is 0 Å². The van der Waals surface area contributed by atoms with Gasteiger partial charge in [-0.2, -0.15) is 5.10 Å². The Morgan fingerprint density at radius 1 is 1.50 bits per heavy atom. The SMILES string of the molecule is CCn1cc(CNc2cnc[nH]2)cn1. The molecular weight excluding hydrogens is 178 g/mol. The molecule has 0 fully saturated rings. The average Bonchev–Trinajstić information content (AvgIpc) is 2.86. The molecule has 5 heteroatoms. The zero-order valence-corrected chi connectivity index (χ0v) is 8.07. The third kappa shape index (κ3) is 1.93. The van der Waals surface area contributed by atoms with Gasteiger partial charge in [0.15, 0.2) is 0 Å². The predicted molar refractivity (Wildman–Crippen MR) is 53.8 cm³/mol. The van der Waals surface area contributed by atoms with Gasteiger partial charge in [0, 0.05) is 24.8 Å². The highest BCUT2D eigenvalue weighted by molar-refractivity contribution is 5.31. The van der Waals surface area contributed by atoms with Gasteiger partial charge in [-0.15, -0.1) is 0 Å². The van der Waals surface area contributed by atoms with Gasteiger partial charge in [-0.25, -0.2) is 4.98 Å². The summed E-state index contributed by atoms with van der Waals surface area (Å²) in [6.45, 7) is 3.74. The highest BCUT2D eigenvalue weighted by Crippen LogP contribution is 2.03. The van der Waals surface area contributed by atoms with Gasteiger partial charge in [0.2, 0.25) is 0 Å². The van der Waals surface area contributed by atoms with Crippen molar-refractivity contribution in [3.63, 3.8) is 0 Å². The van der Waals surface area contributed by atoms with Gasteiger partial charge < -0.3 is 10.3 Å². The standard InChI is InChI=1S/C9H13N5/c1-2-14-6-8(4-13-14)3-11-9-5-10-7-12-9/h4-7,11H,2-3H2,1H3,(H,10,12). The summed E-state index contributed by atoms with van der Waals surface area (Å²) in [5.74, 6) is 0.925. The number of aryl methyl sites for hydroxylation is 1. The second-order valence-corrected chi connectivity index (χ2v) is 3.02. The van der Waals surface area contributed by atoms with Gasteiger partial charge in [0.25, 0.3) is 0 Å². The topological polar surface area (TPSA) is 58.5 Å². The highest BCUT2D eigenvalue weighted by Gasteiger charge is 1.97. The van der Waals surface area contributed by atoms with E-state index in [2.05, 4.69) is 27.3 Å². The largest absolute Gasteiger partial charge is 0.366 e. The van der Waals surface area contributed by atoms with Gasteiger partial charge in [0.1, 0.15) is 5.82 Å². The van der Waals surface area contributed by atoms with Crippen LogP contribution in [0.25, 0.3) is 0 Å². The molecule has 74 valence electrons. The number of hydrogen-bond donors (Lipinski definition) is 2. The summed E-state index contributed by atoms with van der Waals surface area (Å²) in [5.41, 5.74) is 1.17. The monoisotopic (exact) mass is 191 g/mol. The third-order valence-corrected chi connectivity index (χ3v) is 1.99. The van der Waals surface area contributed by atoms with Crippen LogP contribution >= 0.6 is 0 Å². The third-order valence-electron chi connectivity index (χ3n) is 1.99. The van der Waals surface area contributed by atoms with Crippen LogP contribution in [0, 0.1) is 0 Å². The van der Waals surface area contributed by atoms with Crippen LogP contribution < -0.4 is 5.32 Å². The molecule has 0 unspecified atom stereocenters. The zero-order chi connectivity index (χ0) is 9.80. The van der Waals surface area contributed by atoms with Gasteiger partial charge in [-0.05, 0) is 6.92 Å². The highest BCUT2D eigenvalue weighted by atomic mass is 15.3. The number of nitrogens with zero attached hydrogens (tertiary/aromatic N) is 3. The first-order chi connectivity index (χ1) is 6.88. The van der Waals surface area contributed by atoms with Crippen molar-refractivity contribution in [2.24, 2.45) is 0 Å². The second kappa shape index (κ2) is 3.95. The van der Waals surface area contributed by atoms with E-state index in [1.165, 1.54) is 5.56 Å². The first kappa shape index (κ1) is 8.80. The van der Waals surface area contributed by atoms with E-state index in [1.807, 2.05) is 17.1 Å². The Hall–Kier alpha value is -1.78. The van der Waals surface area contributed by atoms with Crippen LogP contribution in [0.2, 0.25) is 0 Å². The fourth-order valence-corrected chi connectivity index (χ4v) is 1.22. The summed E-state index contributed by atoms with van der Waals surface area (Å²) in [6.07, 6.45) is 7.30. The smallest absolute Gasteiger partial charge is 0.123 e. The molecule has 2 aromatic rings. The lowest BCUT2D eigenvalue weighted by atomic mass is 10.3. The molecular formula is C9H13N5. The van der Waals surface area contributed by atoms with Crippen LogP contribution in [0.15, 0.2) is 24.9 Å². The summed E-state index contributed by atoms with van der Waals surface area (Å²) in [6, 6.07) is 0. The molecule has 0 aromatic carbocycles. The van der Waals surface area contributed by atoms with Crippen LogP contribution in [-0.4, -0.2) is 19.7 Å². The summed E-state index contributed by atoms with van der Waals surface area (Å²) in [4.78, 5) is 6.90. The van der Waals surface area contributed by atoms with E-state index in [9.17, 15) is 0 Å². The fourth-order valence-electron chi connectivity index (χ4n) is 1.22. The minimum absolute atomic E-state index is 0.766. The maximum atomic E-state index is 4.19. The Bertz CT molecular complexity index is 376. The number of aromatic nitrogens is 4. The molecule has 0 saturated carbocycles. The van der Waals surface area contributed by atoms with Crippen molar-refractivity contribution in [2.75, 3.05) is 5.32 Å². The summed E-state index contributed by atoms with van der Waals surface area (Å²) < 4.78 is 1.91. The zero-order valence-electron chi connectivity index (χ0n) is 8.07. The first-order valence-corrected chi connectivity index (χ1v) is 4.62.